The Morgan fingerprint density at radius 3 is 2.66 bits per heavy atom. The first-order valence-corrected chi connectivity index (χ1v) is 9.92. The number of rotatable bonds is 3. The molecule has 6 heteroatoms. The highest BCUT2D eigenvalue weighted by atomic mass is 35.5. The van der Waals surface area contributed by atoms with Crippen molar-refractivity contribution in [1.82, 2.24) is 4.90 Å². The maximum atomic E-state index is 10.8. The van der Waals surface area contributed by atoms with Gasteiger partial charge in [0.05, 0.1) is 18.1 Å². The Morgan fingerprint density at radius 1 is 1.17 bits per heavy atom. The number of hydrogen-bond acceptors (Lipinski definition) is 3. The van der Waals surface area contributed by atoms with Gasteiger partial charge in [-0.2, -0.15) is 0 Å². The van der Waals surface area contributed by atoms with Crippen molar-refractivity contribution in [3.63, 3.8) is 0 Å². The highest BCUT2D eigenvalue weighted by Gasteiger charge is 2.42. The average Bonchev–Trinajstić information content (AvgIpc) is 3.04. The first-order chi connectivity index (χ1) is 13.6. The highest BCUT2D eigenvalue weighted by Crippen LogP contribution is 2.45. The second-order valence-corrected chi connectivity index (χ2v) is 7.90. The molecule has 4 rings (SSSR count). The lowest BCUT2D eigenvalue weighted by Crippen LogP contribution is -2.44. The largest absolute Gasteiger partial charge is 0.492 e. The number of carboxylic acids is 1. The summed E-state index contributed by atoms with van der Waals surface area (Å²) in [6, 6.07) is 13.8. The molecule has 2 aliphatic heterocycles. The zero-order chi connectivity index (χ0) is 19.6. The van der Waals surface area contributed by atoms with Crippen molar-refractivity contribution in [2.45, 2.75) is 24.7 Å². The lowest BCUT2D eigenvalue weighted by Gasteiger charge is -2.38. The SMILES string of the molecule is Cl.O=C(O)CCN1CCC2(CC1)COc1cc(C#Cc3ccccc3Cl)ccc12. The van der Waals surface area contributed by atoms with Gasteiger partial charge < -0.3 is 14.7 Å². The summed E-state index contributed by atoms with van der Waals surface area (Å²) < 4.78 is 6.04. The third-order valence-corrected chi connectivity index (χ3v) is 6.06. The van der Waals surface area contributed by atoms with Crippen LogP contribution >= 0.6 is 24.0 Å². The lowest BCUT2D eigenvalue weighted by atomic mass is 9.74. The van der Waals surface area contributed by atoms with E-state index in [1.165, 1.54) is 5.56 Å². The van der Waals surface area contributed by atoms with Crippen LogP contribution in [0.25, 0.3) is 0 Å². The van der Waals surface area contributed by atoms with Crippen LogP contribution < -0.4 is 4.74 Å². The van der Waals surface area contributed by atoms with Gasteiger partial charge in [0.15, 0.2) is 0 Å². The van der Waals surface area contributed by atoms with E-state index in [2.05, 4.69) is 28.9 Å². The Kier molecular flexibility index (Phi) is 6.74. The average molecular weight is 432 g/mol. The fraction of sp³-hybridized carbons (Fsp3) is 0.348. The van der Waals surface area contributed by atoms with Crippen LogP contribution in [0.5, 0.6) is 5.75 Å². The molecular formula is C23H23Cl2NO3. The third kappa shape index (κ3) is 4.70. The Morgan fingerprint density at radius 2 is 1.93 bits per heavy atom. The molecule has 0 saturated carbocycles. The number of hydrogen-bond donors (Lipinski definition) is 1. The smallest absolute Gasteiger partial charge is 0.304 e. The molecular weight excluding hydrogens is 409 g/mol. The number of carboxylic acid groups (broad SMARTS) is 1. The van der Waals surface area contributed by atoms with Gasteiger partial charge in [-0.25, -0.2) is 0 Å². The Bertz CT molecular complexity index is 956. The van der Waals surface area contributed by atoms with Gasteiger partial charge in [0.25, 0.3) is 0 Å². The topological polar surface area (TPSA) is 49.8 Å². The maximum absolute atomic E-state index is 10.8. The van der Waals surface area contributed by atoms with Gasteiger partial charge in [-0.15, -0.1) is 12.4 Å². The number of benzene rings is 2. The Balaban J connectivity index is 0.00000240. The van der Waals surface area contributed by atoms with Gasteiger partial charge in [-0.05, 0) is 50.2 Å². The van der Waals surface area contributed by atoms with Gasteiger partial charge in [0, 0.05) is 28.7 Å². The molecule has 152 valence electrons. The Labute approximate surface area is 182 Å². The number of halogens is 2. The summed E-state index contributed by atoms with van der Waals surface area (Å²) in [6.45, 7) is 3.13. The number of piperidine rings is 1. The van der Waals surface area contributed by atoms with Crippen molar-refractivity contribution in [1.29, 1.82) is 0 Å². The van der Waals surface area contributed by atoms with Gasteiger partial charge in [0.2, 0.25) is 0 Å². The maximum Gasteiger partial charge on any atom is 0.304 e. The monoisotopic (exact) mass is 431 g/mol. The lowest BCUT2D eigenvalue weighted by molar-refractivity contribution is -0.137. The summed E-state index contributed by atoms with van der Waals surface area (Å²) >= 11 is 6.17. The molecule has 1 N–H and O–H groups in total. The van der Waals surface area contributed by atoms with E-state index in [9.17, 15) is 4.79 Å². The number of fused-ring (bicyclic) bond motifs is 2. The third-order valence-electron chi connectivity index (χ3n) is 5.73. The van der Waals surface area contributed by atoms with Gasteiger partial charge in [-0.1, -0.05) is 41.6 Å². The van der Waals surface area contributed by atoms with E-state index < -0.39 is 5.97 Å². The van der Waals surface area contributed by atoms with E-state index in [0.29, 0.717) is 18.2 Å². The van der Waals surface area contributed by atoms with Crippen molar-refractivity contribution in [3.05, 3.63) is 64.2 Å². The molecule has 2 aromatic carbocycles. The van der Waals surface area contributed by atoms with Crippen molar-refractivity contribution in [2.75, 3.05) is 26.2 Å². The molecule has 2 aliphatic rings. The van der Waals surface area contributed by atoms with Crippen LogP contribution in [0.1, 0.15) is 36.0 Å². The van der Waals surface area contributed by atoms with Gasteiger partial charge >= 0.3 is 5.97 Å². The fourth-order valence-electron chi connectivity index (χ4n) is 4.03. The summed E-state index contributed by atoms with van der Waals surface area (Å²) in [5.74, 6) is 6.49. The van der Waals surface area contributed by atoms with Gasteiger partial charge in [-0.3, -0.25) is 4.79 Å². The number of likely N-dealkylation sites (tertiary alicyclic amines) is 1. The van der Waals surface area contributed by atoms with E-state index in [1.807, 2.05) is 30.3 Å². The molecule has 1 spiro atoms. The van der Waals surface area contributed by atoms with Crippen LogP contribution in [0, 0.1) is 11.8 Å². The second-order valence-electron chi connectivity index (χ2n) is 7.50. The highest BCUT2D eigenvalue weighted by molar-refractivity contribution is 6.31. The molecule has 1 saturated heterocycles. The Hall–Kier alpha value is -2.19. The molecule has 0 atom stereocenters. The van der Waals surface area contributed by atoms with Crippen molar-refractivity contribution in [2.24, 2.45) is 0 Å². The number of nitrogens with zero attached hydrogens (tertiary/aromatic N) is 1. The van der Waals surface area contributed by atoms with Crippen LogP contribution in [-0.2, 0) is 10.2 Å². The van der Waals surface area contributed by atoms with E-state index in [1.54, 1.807) is 0 Å². The van der Waals surface area contributed by atoms with Crippen LogP contribution in [-0.4, -0.2) is 42.2 Å². The first-order valence-electron chi connectivity index (χ1n) is 9.54. The summed E-state index contributed by atoms with van der Waals surface area (Å²) in [7, 11) is 0. The summed E-state index contributed by atoms with van der Waals surface area (Å²) in [4.78, 5) is 13.0. The van der Waals surface area contributed by atoms with Gasteiger partial charge in [0.1, 0.15) is 5.75 Å². The molecule has 2 aromatic rings. The fourth-order valence-corrected chi connectivity index (χ4v) is 4.21. The van der Waals surface area contributed by atoms with Crippen molar-refractivity contribution >= 4 is 30.0 Å². The second kappa shape index (κ2) is 9.09. The molecule has 0 aliphatic carbocycles. The predicted molar refractivity (Wildman–Crippen MR) is 116 cm³/mol. The van der Waals surface area contributed by atoms with Crippen LogP contribution in [0.2, 0.25) is 5.02 Å². The molecule has 0 bridgehead atoms. The number of ether oxygens (including phenoxy) is 1. The van der Waals surface area contributed by atoms with E-state index in [0.717, 1.165) is 42.8 Å². The number of aliphatic carboxylic acids is 1. The standard InChI is InChI=1S/C23H22ClNO3.ClH/c24-20-4-2-1-3-18(20)7-5-17-6-8-19-21(15-17)28-16-23(19)10-13-25(14-11-23)12-9-22(26)27;/h1-4,6,8,15H,9-14,16H2,(H,26,27);1H. The molecule has 0 radical (unpaired) electrons. The summed E-state index contributed by atoms with van der Waals surface area (Å²) in [6.07, 6.45) is 2.18. The minimum Gasteiger partial charge on any atom is -0.492 e. The van der Waals surface area contributed by atoms with Crippen LogP contribution in [0.15, 0.2) is 42.5 Å². The molecule has 4 nitrogen and oxygen atoms in total. The number of carbonyl (C=O) groups is 1. The molecule has 2 heterocycles. The van der Waals surface area contributed by atoms with Crippen molar-refractivity contribution < 1.29 is 14.6 Å². The quantitative estimate of drug-likeness (QED) is 0.733. The minimum absolute atomic E-state index is 0. The molecule has 0 amide bonds. The summed E-state index contributed by atoms with van der Waals surface area (Å²) in [5, 5.41) is 9.53. The summed E-state index contributed by atoms with van der Waals surface area (Å²) in [5.41, 5.74) is 3.03. The predicted octanol–water partition coefficient (Wildman–Crippen LogP) is 4.36. The molecule has 29 heavy (non-hydrogen) atoms. The zero-order valence-electron chi connectivity index (χ0n) is 16.0. The first kappa shape index (κ1) is 21.5. The van der Waals surface area contributed by atoms with E-state index >= 15 is 0 Å². The van der Waals surface area contributed by atoms with Crippen molar-refractivity contribution in [3.8, 4) is 17.6 Å². The zero-order valence-corrected chi connectivity index (χ0v) is 17.6. The minimum atomic E-state index is -0.736. The van der Waals surface area contributed by atoms with Crippen LogP contribution in [0.4, 0.5) is 0 Å². The van der Waals surface area contributed by atoms with E-state index in [-0.39, 0.29) is 24.2 Å². The van der Waals surface area contributed by atoms with E-state index in [4.69, 9.17) is 21.4 Å². The molecule has 0 unspecified atom stereocenters. The van der Waals surface area contributed by atoms with Crippen LogP contribution in [0.3, 0.4) is 0 Å². The molecule has 0 aromatic heterocycles. The normalized spacial score (nSPS) is 16.9. The molecule has 1 fully saturated rings.